The van der Waals surface area contributed by atoms with E-state index < -0.39 is 34.6 Å². The molecule has 8 nitrogen and oxygen atoms in total. The van der Waals surface area contributed by atoms with Gasteiger partial charge in [0.2, 0.25) is 5.75 Å². The van der Waals surface area contributed by atoms with Gasteiger partial charge >= 0.3 is 5.97 Å². The minimum atomic E-state index is -0.887. The zero-order chi connectivity index (χ0) is 24.4. The largest absolute Gasteiger partial charge is 0.504 e. The lowest BCUT2D eigenvalue weighted by atomic mass is 9.86. The van der Waals surface area contributed by atoms with Gasteiger partial charge in [-0.1, -0.05) is 42.5 Å². The van der Waals surface area contributed by atoms with Gasteiger partial charge in [-0.15, -0.1) is 0 Å². The third-order valence-electron chi connectivity index (χ3n) is 5.66. The van der Waals surface area contributed by atoms with Gasteiger partial charge in [-0.2, -0.15) is 0 Å². The number of ether oxygens (including phenoxy) is 2. The van der Waals surface area contributed by atoms with Crippen molar-refractivity contribution >= 4 is 16.9 Å². The summed E-state index contributed by atoms with van der Waals surface area (Å²) >= 11 is 0. The summed E-state index contributed by atoms with van der Waals surface area (Å²) in [5.41, 5.74) is 0.342. The van der Waals surface area contributed by atoms with Crippen LogP contribution in [0.5, 0.6) is 23.0 Å². The van der Waals surface area contributed by atoms with E-state index in [-0.39, 0.29) is 28.7 Å². The van der Waals surface area contributed by atoms with Crippen LogP contribution in [0.4, 0.5) is 0 Å². The topological polar surface area (TPSA) is 126 Å². The van der Waals surface area contributed by atoms with E-state index >= 15 is 0 Å². The molecule has 3 N–H and O–H groups in total. The van der Waals surface area contributed by atoms with Gasteiger partial charge in [0.05, 0.1) is 20.6 Å². The molecule has 0 amide bonds. The molecule has 34 heavy (non-hydrogen) atoms. The Morgan fingerprint density at radius 1 is 0.941 bits per heavy atom. The number of hydrogen-bond acceptors (Lipinski definition) is 8. The Morgan fingerprint density at radius 3 is 2.24 bits per heavy atom. The first kappa shape index (κ1) is 22.7. The van der Waals surface area contributed by atoms with Crippen molar-refractivity contribution < 1.29 is 34.0 Å². The number of esters is 1. The second-order valence-electron chi connectivity index (χ2n) is 7.61. The molecule has 4 rings (SSSR count). The molecule has 3 aromatic carbocycles. The highest BCUT2D eigenvalue weighted by Gasteiger charge is 2.31. The summed E-state index contributed by atoms with van der Waals surface area (Å²) in [7, 11) is 2.74. The van der Waals surface area contributed by atoms with E-state index in [4.69, 9.17) is 13.9 Å². The van der Waals surface area contributed by atoms with Crippen LogP contribution in [0.3, 0.4) is 0 Å². The first-order valence-corrected chi connectivity index (χ1v) is 10.4. The summed E-state index contributed by atoms with van der Waals surface area (Å²) in [5, 5.41) is 31.5. The Labute approximate surface area is 194 Å². The molecule has 0 aliphatic carbocycles. The van der Waals surface area contributed by atoms with Gasteiger partial charge in [0, 0.05) is 23.1 Å². The summed E-state index contributed by atoms with van der Waals surface area (Å²) < 4.78 is 16.1. The van der Waals surface area contributed by atoms with Crippen LogP contribution in [-0.2, 0) is 9.53 Å². The van der Waals surface area contributed by atoms with Crippen molar-refractivity contribution in [3.63, 3.8) is 0 Å². The zero-order valence-electron chi connectivity index (χ0n) is 18.4. The molecule has 1 heterocycles. The van der Waals surface area contributed by atoms with Crippen LogP contribution in [-0.4, -0.2) is 35.5 Å². The average molecular weight is 462 g/mol. The Bertz CT molecular complexity index is 1410. The van der Waals surface area contributed by atoms with E-state index in [1.807, 2.05) is 0 Å². The molecule has 0 aliphatic rings. The third-order valence-corrected chi connectivity index (χ3v) is 5.66. The SMILES string of the molecule is COC(=O)C[C@@H](c1ccc(OC)cc1)c1c(O)c(O)c(O)c2c(=O)cc(-c3ccccc3)oc12. The highest BCUT2D eigenvalue weighted by Crippen LogP contribution is 2.49. The maximum absolute atomic E-state index is 13.0. The van der Waals surface area contributed by atoms with Crippen molar-refractivity contribution in [1.29, 1.82) is 0 Å². The molecule has 174 valence electrons. The van der Waals surface area contributed by atoms with E-state index in [2.05, 4.69) is 0 Å². The number of carbonyl (C=O) groups is 1. The quantitative estimate of drug-likeness (QED) is 0.286. The maximum atomic E-state index is 13.0. The molecular formula is C26H22O8. The predicted octanol–water partition coefficient (Wildman–Crippen LogP) is 4.28. The summed E-state index contributed by atoms with van der Waals surface area (Å²) in [6.45, 7) is 0. The lowest BCUT2D eigenvalue weighted by Gasteiger charge is -2.21. The van der Waals surface area contributed by atoms with E-state index in [9.17, 15) is 24.9 Å². The number of phenolic OH excluding ortho intramolecular Hbond substituents is 3. The molecule has 1 aromatic heterocycles. The summed E-state index contributed by atoms with van der Waals surface area (Å²) in [6, 6.07) is 16.7. The molecule has 0 bridgehead atoms. The van der Waals surface area contributed by atoms with E-state index in [0.29, 0.717) is 16.9 Å². The molecule has 0 fully saturated rings. The normalized spacial score (nSPS) is 11.8. The molecular weight excluding hydrogens is 440 g/mol. The molecule has 0 saturated heterocycles. The number of benzene rings is 3. The summed E-state index contributed by atoms with van der Waals surface area (Å²) in [4.78, 5) is 25.3. The van der Waals surface area contributed by atoms with Gasteiger partial charge in [-0.25, -0.2) is 0 Å². The number of fused-ring (bicyclic) bond motifs is 1. The highest BCUT2D eigenvalue weighted by atomic mass is 16.5. The first-order valence-electron chi connectivity index (χ1n) is 10.4. The van der Waals surface area contributed by atoms with Crippen LogP contribution >= 0.6 is 0 Å². The molecule has 0 saturated carbocycles. The number of rotatable bonds is 6. The smallest absolute Gasteiger partial charge is 0.306 e. The monoisotopic (exact) mass is 462 g/mol. The Kier molecular flexibility index (Phi) is 6.14. The minimum Gasteiger partial charge on any atom is -0.504 e. The zero-order valence-corrected chi connectivity index (χ0v) is 18.4. The van der Waals surface area contributed by atoms with Crippen molar-refractivity contribution in [3.8, 4) is 34.3 Å². The molecule has 4 aromatic rings. The molecule has 1 atom stereocenters. The van der Waals surface area contributed by atoms with E-state index in [1.54, 1.807) is 54.6 Å². The van der Waals surface area contributed by atoms with Crippen molar-refractivity contribution in [3.05, 3.63) is 82.0 Å². The lowest BCUT2D eigenvalue weighted by Crippen LogP contribution is -2.12. The fourth-order valence-electron chi connectivity index (χ4n) is 3.91. The van der Waals surface area contributed by atoms with Crippen LogP contribution in [0.1, 0.15) is 23.5 Å². The van der Waals surface area contributed by atoms with Crippen molar-refractivity contribution in [1.82, 2.24) is 0 Å². The van der Waals surface area contributed by atoms with E-state index in [1.165, 1.54) is 20.3 Å². The van der Waals surface area contributed by atoms with E-state index in [0.717, 1.165) is 0 Å². The van der Waals surface area contributed by atoms with Crippen LogP contribution in [0, 0.1) is 0 Å². The number of phenols is 3. The average Bonchev–Trinajstić information content (AvgIpc) is 2.86. The number of aromatic hydroxyl groups is 3. The minimum absolute atomic E-state index is 0.0317. The predicted molar refractivity (Wildman–Crippen MR) is 124 cm³/mol. The molecule has 0 radical (unpaired) electrons. The van der Waals surface area contributed by atoms with Crippen LogP contribution in [0.2, 0.25) is 0 Å². The second-order valence-corrected chi connectivity index (χ2v) is 7.61. The third kappa shape index (κ3) is 4.01. The van der Waals surface area contributed by atoms with Crippen LogP contribution in [0.25, 0.3) is 22.3 Å². The number of methoxy groups -OCH3 is 2. The van der Waals surface area contributed by atoms with Gasteiger partial charge in [0.25, 0.3) is 0 Å². The summed E-state index contributed by atoms with van der Waals surface area (Å²) in [6.07, 6.45) is -0.241. The molecule has 0 aliphatic heterocycles. The van der Waals surface area contributed by atoms with Crippen LogP contribution in [0.15, 0.2) is 69.9 Å². The Hall–Kier alpha value is -4.46. The second kappa shape index (κ2) is 9.19. The fraction of sp³-hybridized carbons (Fsp3) is 0.154. The molecule has 8 heteroatoms. The van der Waals surface area contributed by atoms with Gasteiger partial charge < -0.3 is 29.2 Å². The number of hydrogen-bond donors (Lipinski definition) is 3. The van der Waals surface area contributed by atoms with Gasteiger partial charge in [-0.3, -0.25) is 9.59 Å². The highest BCUT2D eigenvalue weighted by molar-refractivity contribution is 5.93. The standard InChI is InChI=1S/C26H22O8/c1-32-16-10-8-14(9-11-16)17(12-20(28)33-2)21-23(29)25(31)24(30)22-18(27)13-19(34-26(21)22)15-6-4-3-5-7-15/h3-11,13,17,29-31H,12H2,1-2H3/t17-/m0/s1. The fourth-order valence-corrected chi connectivity index (χ4v) is 3.91. The first-order chi connectivity index (χ1) is 16.3. The van der Waals surface area contributed by atoms with Gasteiger partial charge in [0.15, 0.2) is 16.9 Å². The lowest BCUT2D eigenvalue weighted by molar-refractivity contribution is -0.140. The summed E-state index contributed by atoms with van der Waals surface area (Å²) in [5.74, 6) is -3.12. The van der Waals surface area contributed by atoms with Gasteiger partial charge in [0.1, 0.15) is 22.5 Å². The number of carbonyl (C=O) groups excluding carboxylic acids is 1. The molecule has 0 spiro atoms. The van der Waals surface area contributed by atoms with Crippen molar-refractivity contribution in [2.24, 2.45) is 0 Å². The van der Waals surface area contributed by atoms with Crippen molar-refractivity contribution in [2.75, 3.05) is 14.2 Å². The maximum Gasteiger partial charge on any atom is 0.306 e. The van der Waals surface area contributed by atoms with Crippen LogP contribution < -0.4 is 10.2 Å². The Morgan fingerprint density at radius 2 is 1.62 bits per heavy atom. The Balaban J connectivity index is 2.06. The van der Waals surface area contributed by atoms with Gasteiger partial charge in [-0.05, 0) is 17.7 Å². The van der Waals surface area contributed by atoms with Crippen molar-refractivity contribution in [2.45, 2.75) is 12.3 Å². The molecule has 0 unspecified atom stereocenters.